The van der Waals surface area contributed by atoms with Crippen LogP contribution in [0.3, 0.4) is 0 Å². The summed E-state index contributed by atoms with van der Waals surface area (Å²) in [6, 6.07) is 11.1. The van der Waals surface area contributed by atoms with Crippen LogP contribution >= 0.6 is 11.3 Å². The molecule has 7 heteroatoms. The second-order valence-corrected chi connectivity index (χ2v) is 6.06. The van der Waals surface area contributed by atoms with Crippen LogP contribution in [0.4, 0.5) is 0 Å². The molecule has 0 spiro atoms. The maximum atomic E-state index is 11.9. The van der Waals surface area contributed by atoms with Gasteiger partial charge in [-0.1, -0.05) is 18.2 Å². The lowest BCUT2D eigenvalue weighted by atomic mass is 10.2. The summed E-state index contributed by atoms with van der Waals surface area (Å²) in [5.74, 6) is 0.946. The van der Waals surface area contributed by atoms with Gasteiger partial charge in [0.15, 0.2) is 6.10 Å². The molecule has 0 bridgehead atoms. The molecule has 0 aliphatic carbocycles. The summed E-state index contributed by atoms with van der Waals surface area (Å²) in [7, 11) is 1.60. The van der Waals surface area contributed by atoms with Crippen molar-refractivity contribution in [1.29, 1.82) is 0 Å². The molecule has 3 aromatic rings. The molecule has 2 aromatic heterocycles. The van der Waals surface area contributed by atoms with E-state index in [1.54, 1.807) is 20.1 Å². The number of aromatic nitrogens is 2. The van der Waals surface area contributed by atoms with Gasteiger partial charge in [-0.15, -0.1) is 21.5 Å². The number of methoxy groups -OCH3 is 1. The molecule has 0 radical (unpaired) electrons. The first kappa shape index (κ1) is 16.9. The summed E-state index contributed by atoms with van der Waals surface area (Å²) in [6.07, 6.45) is 2.39. The number of carbonyl (C=O) groups is 1. The Kier molecular flexibility index (Phi) is 5.25. The van der Waals surface area contributed by atoms with Gasteiger partial charge in [-0.2, -0.15) is 0 Å². The molecule has 0 amide bonds. The molecular formula is C18H16N2O4S. The molecule has 1 aromatic carbocycles. The number of carbonyl (C=O) groups excluding carboxylic acids is 1. The molecular weight excluding hydrogens is 340 g/mol. The maximum Gasteiger partial charge on any atom is 0.331 e. The van der Waals surface area contributed by atoms with E-state index in [0.717, 1.165) is 16.2 Å². The number of rotatable bonds is 6. The highest BCUT2D eigenvalue weighted by molar-refractivity contribution is 7.13. The minimum absolute atomic E-state index is 0.259. The minimum Gasteiger partial charge on any atom is -0.497 e. The van der Waals surface area contributed by atoms with Crippen LogP contribution in [0, 0.1) is 0 Å². The zero-order valence-corrected chi connectivity index (χ0v) is 14.5. The van der Waals surface area contributed by atoms with E-state index in [-0.39, 0.29) is 5.89 Å². The van der Waals surface area contributed by atoms with Crippen LogP contribution in [0.5, 0.6) is 5.75 Å². The predicted octanol–water partition coefficient (Wildman–Crippen LogP) is 4.12. The van der Waals surface area contributed by atoms with E-state index < -0.39 is 12.1 Å². The van der Waals surface area contributed by atoms with Crippen LogP contribution in [-0.2, 0) is 9.53 Å². The fraction of sp³-hybridized carbons (Fsp3) is 0.167. The molecule has 0 N–H and O–H groups in total. The van der Waals surface area contributed by atoms with Crippen LogP contribution in [0.2, 0.25) is 0 Å². The first-order valence-corrected chi connectivity index (χ1v) is 8.43. The van der Waals surface area contributed by atoms with Gasteiger partial charge < -0.3 is 13.9 Å². The quantitative estimate of drug-likeness (QED) is 0.488. The lowest BCUT2D eigenvalue weighted by molar-refractivity contribution is -0.143. The molecule has 6 nitrogen and oxygen atoms in total. The molecule has 0 aliphatic heterocycles. The average Bonchev–Trinajstić information content (AvgIpc) is 3.31. The Morgan fingerprint density at radius 1 is 1.24 bits per heavy atom. The van der Waals surface area contributed by atoms with E-state index >= 15 is 0 Å². The molecule has 25 heavy (non-hydrogen) atoms. The average molecular weight is 356 g/mol. The van der Waals surface area contributed by atoms with Crippen LogP contribution in [0.1, 0.15) is 24.5 Å². The Balaban J connectivity index is 1.59. The number of hydrogen-bond acceptors (Lipinski definition) is 7. The first-order valence-electron chi connectivity index (χ1n) is 7.56. The Hall–Kier alpha value is -2.93. The third-order valence-corrected chi connectivity index (χ3v) is 4.20. The monoisotopic (exact) mass is 356 g/mol. The second-order valence-electron chi connectivity index (χ2n) is 5.11. The fourth-order valence-corrected chi connectivity index (χ4v) is 2.69. The summed E-state index contributed by atoms with van der Waals surface area (Å²) in [5, 5.41) is 9.83. The number of thiophene rings is 1. The number of benzene rings is 1. The summed E-state index contributed by atoms with van der Waals surface area (Å²) in [4.78, 5) is 12.8. The topological polar surface area (TPSA) is 74.5 Å². The minimum atomic E-state index is -0.630. The largest absolute Gasteiger partial charge is 0.497 e. The van der Waals surface area contributed by atoms with E-state index in [0.29, 0.717) is 5.89 Å². The summed E-state index contributed by atoms with van der Waals surface area (Å²) in [6.45, 7) is 1.69. The zero-order chi connectivity index (χ0) is 17.6. The maximum absolute atomic E-state index is 11.9. The smallest absolute Gasteiger partial charge is 0.331 e. The van der Waals surface area contributed by atoms with Gasteiger partial charge in [-0.05, 0) is 42.1 Å². The number of ether oxygens (including phenoxy) is 2. The normalized spacial score (nSPS) is 12.2. The van der Waals surface area contributed by atoms with Crippen molar-refractivity contribution in [3.8, 4) is 16.5 Å². The molecule has 3 rings (SSSR count). The van der Waals surface area contributed by atoms with Crippen molar-refractivity contribution in [3.05, 3.63) is 59.3 Å². The lowest BCUT2D eigenvalue weighted by Crippen LogP contribution is -2.06. The zero-order valence-electron chi connectivity index (χ0n) is 13.7. The van der Waals surface area contributed by atoms with Crippen molar-refractivity contribution in [3.63, 3.8) is 0 Å². The highest BCUT2D eigenvalue weighted by atomic mass is 32.1. The molecule has 0 saturated carbocycles. The van der Waals surface area contributed by atoms with Crippen molar-refractivity contribution < 1.29 is 18.7 Å². The molecule has 0 saturated heterocycles. The van der Waals surface area contributed by atoms with Gasteiger partial charge in [-0.25, -0.2) is 4.79 Å². The summed E-state index contributed by atoms with van der Waals surface area (Å²) >= 11 is 1.50. The van der Waals surface area contributed by atoms with Gasteiger partial charge in [0, 0.05) is 6.08 Å². The van der Waals surface area contributed by atoms with Crippen molar-refractivity contribution in [1.82, 2.24) is 10.2 Å². The third kappa shape index (κ3) is 4.33. The Morgan fingerprint density at radius 3 is 2.72 bits per heavy atom. The highest BCUT2D eigenvalue weighted by Crippen LogP contribution is 2.25. The molecule has 0 fully saturated rings. The van der Waals surface area contributed by atoms with E-state index in [1.165, 1.54) is 17.4 Å². The van der Waals surface area contributed by atoms with Crippen LogP contribution < -0.4 is 4.74 Å². The Morgan fingerprint density at radius 2 is 2.04 bits per heavy atom. The van der Waals surface area contributed by atoms with Crippen LogP contribution in [-0.4, -0.2) is 23.3 Å². The van der Waals surface area contributed by atoms with E-state index in [1.807, 2.05) is 41.8 Å². The van der Waals surface area contributed by atoms with Crippen molar-refractivity contribution in [2.75, 3.05) is 7.11 Å². The molecule has 128 valence electrons. The number of hydrogen-bond donors (Lipinski definition) is 0. The van der Waals surface area contributed by atoms with Gasteiger partial charge in [0.2, 0.25) is 0 Å². The van der Waals surface area contributed by atoms with E-state index in [4.69, 9.17) is 13.9 Å². The van der Waals surface area contributed by atoms with Gasteiger partial charge in [0.1, 0.15) is 5.75 Å². The highest BCUT2D eigenvalue weighted by Gasteiger charge is 2.18. The molecule has 0 aliphatic rings. The van der Waals surface area contributed by atoms with E-state index in [9.17, 15) is 4.79 Å². The molecule has 0 unspecified atom stereocenters. The number of nitrogens with zero attached hydrogens (tertiary/aromatic N) is 2. The van der Waals surface area contributed by atoms with Gasteiger partial charge in [0.25, 0.3) is 11.8 Å². The van der Waals surface area contributed by atoms with Crippen LogP contribution in [0.25, 0.3) is 16.8 Å². The van der Waals surface area contributed by atoms with Crippen LogP contribution in [0.15, 0.2) is 52.3 Å². The molecule has 1 atom stereocenters. The van der Waals surface area contributed by atoms with Crippen molar-refractivity contribution in [2.24, 2.45) is 0 Å². The molecule has 2 heterocycles. The van der Waals surface area contributed by atoms with Gasteiger partial charge >= 0.3 is 5.97 Å². The Bertz CT molecular complexity index is 854. The van der Waals surface area contributed by atoms with Gasteiger partial charge in [0.05, 0.1) is 12.0 Å². The van der Waals surface area contributed by atoms with Gasteiger partial charge in [-0.3, -0.25) is 0 Å². The summed E-state index contributed by atoms with van der Waals surface area (Å²) in [5.41, 5.74) is 0.864. The lowest BCUT2D eigenvalue weighted by Gasteiger charge is -2.06. The predicted molar refractivity (Wildman–Crippen MR) is 94.1 cm³/mol. The Labute approximate surface area is 148 Å². The summed E-state index contributed by atoms with van der Waals surface area (Å²) < 4.78 is 15.9. The van der Waals surface area contributed by atoms with E-state index in [2.05, 4.69) is 10.2 Å². The fourth-order valence-electron chi connectivity index (χ4n) is 2.04. The number of esters is 1. The standard InChI is InChI=1S/C18H16N2O4S/c1-12(17-19-20-18(24-17)15-4-3-11-25-15)23-16(21)10-7-13-5-8-14(22-2)9-6-13/h3-12H,1-2H3/b10-7+/t12-/m1/s1. The van der Waals surface area contributed by atoms with Crippen molar-refractivity contribution >= 4 is 23.4 Å². The first-order chi connectivity index (χ1) is 12.2. The third-order valence-electron chi connectivity index (χ3n) is 3.34. The second kappa shape index (κ2) is 7.76. The van der Waals surface area contributed by atoms with Crippen molar-refractivity contribution in [2.45, 2.75) is 13.0 Å². The SMILES string of the molecule is COc1ccc(/C=C/C(=O)O[C@H](C)c2nnc(-c3cccs3)o2)cc1.